The first-order chi connectivity index (χ1) is 11.7. The summed E-state index contributed by atoms with van der Waals surface area (Å²) in [4.78, 5) is 0. The predicted octanol–water partition coefficient (Wildman–Crippen LogP) is 7.09. The summed E-state index contributed by atoms with van der Waals surface area (Å²) in [6.07, 6.45) is 0. The Hall–Kier alpha value is -2.13. The number of benzene rings is 4. The number of aryl methyl sites for hydroxylation is 1. The second-order valence-corrected chi connectivity index (χ2v) is 7.25. The Labute approximate surface area is 156 Å². The molecule has 0 aromatic heterocycles. The van der Waals surface area contributed by atoms with Crippen molar-refractivity contribution in [3.05, 3.63) is 94.1 Å². The molecule has 0 saturated heterocycles. The molecule has 4 aromatic carbocycles. The highest BCUT2D eigenvalue weighted by Gasteiger charge is 2.08. The zero-order chi connectivity index (χ0) is 16.5. The van der Waals surface area contributed by atoms with Gasteiger partial charge in [-0.1, -0.05) is 78.4 Å². The standard InChI is InChI=1S/C23H17I/c1-16-10-11-21-20(12-13-23(24)22(21)14-16)19-9-5-8-18(15-19)17-6-3-2-4-7-17/h2-15H,1H3. The Bertz CT molecular complexity index is 1020. The van der Waals surface area contributed by atoms with Gasteiger partial charge in [-0.15, -0.1) is 0 Å². The maximum absolute atomic E-state index is 2.43. The number of rotatable bonds is 2. The number of hydrogen-bond donors (Lipinski definition) is 0. The van der Waals surface area contributed by atoms with Gasteiger partial charge in [0.15, 0.2) is 0 Å². The molecule has 4 aromatic rings. The predicted molar refractivity (Wildman–Crippen MR) is 112 cm³/mol. The molecule has 24 heavy (non-hydrogen) atoms. The Balaban J connectivity index is 1.91. The molecule has 0 N–H and O–H groups in total. The normalized spacial score (nSPS) is 10.9. The van der Waals surface area contributed by atoms with E-state index >= 15 is 0 Å². The highest BCUT2D eigenvalue weighted by atomic mass is 127. The van der Waals surface area contributed by atoms with Crippen LogP contribution in [0.2, 0.25) is 0 Å². The molecule has 0 nitrogen and oxygen atoms in total. The number of fused-ring (bicyclic) bond motifs is 1. The zero-order valence-corrected chi connectivity index (χ0v) is 15.6. The topological polar surface area (TPSA) is 0 Å². The van der Waals surface area contributed by atoms with Crippen molar-refractivity contribution in [1.29, 1.82) is 0 Å². The number of hydrogen-bond acceptors (Lipinski definition) is 0. The molecule has 0 heterocycles. The third kappa shape index (κ3) is 2.84. The fourth-order valence-corrected chi connectivity index (χ4v) is 3.80. The molecule has 116 valence electrons. The zero-order valence-electron chi connectivity index (χ0n) is 13.5. The van der Waals surface area contributed by atoms with Crippen molar-refractivity contribution >= 4 is 33.4 Å². The molecule has 0 amide bonds. The molecule has 0 bridgehead atoms. The smallest absolute Gasteiger partial charge is 0.0209 e. The lowest BCUT2D eigenvalue weighted by Gasteiger charge is -2.11. The highest BCUT2D eigenvalue weighted by Crippen LogP contribution is 2.34. The van der Waals surface area contributed by atoms with Gasteiger partial charge in [0.1, 0.15) is 0 Å². The van der Waals surface area contributed by atoms with Crippen LogP contribution >= 0.6 is 22.6 Å². The summed E-state index contributed by atoms with van der Waals surface area (Å²) in [5.74, 6) is 0. The molecule has 0 radical (unpaired) electrons. The molecule has 0 fully saturated rings. The van der Waals surface area contributed by atoms with Gasteiger partial charge in [0.2, 0.25) is 0 Å². The van der Waals surface area contributed by atoms with Crippen LogP contribution in [0, 0.1) is 10.5 Å². The van der Waals surface area contributed by atoms with E-state index < -0.39 is 0 Å². The lowest BCUT2D eigenvalue weighted by atomic mass is 9.94. The van der Waals surface area contributed by atoms with Crippen LogP contribution < -0.4 is 0 Å². The highest BCUT2D eigenvalue weighted by molar-refractivity contribution is 14.1. The van der Waals surface area contributed by atoms with E-state index in [-0.39, 0.29) is 0 Å². The Morgan fingerprint density at radius 1 is 0.583 bits per heavy atom. The maximum Gasteiger partial charge on any atom is 0.0209 e. The quantitative estimate of drug-likeness (QED) is 0.304. The molecule has 1 heteroatoms. The van der Waals surface area contributed by atoms with Gasteiger partial charge in [-0.3, -0.25) is 0 Å². The Morgan fingerprint density at radius 3 is 2.17 bits per heavy atom. The van der Waals surface area contributed by atoms with Gasteiger partial charge in [0.25, 0.3) is 0 Å². The Kier molecular flexibility index (Phi) is 4.11. The van der Waals surface area contributed by atoms with E-state index in [1.807, 2.05) is 0 Å². The summed E-state index contributed by atoms with van der Waals surface area (Å²) in [5, 5.41) is 2.65. The monoisotopic (exact) mass is 420 g/mol. The summed E-state index contributed by atoms with van der Waals surface area (Å²) in [6.45, 7) is 2.15. The van der Waals surface area contributed by atoms with E-state index in [9.17, 15) is 0 Å². The van der Waals surface area contributed by atoms with E-state index in [4.69, 9.17) is 0 Å². The first-order valence-electron chi connectivity index (χ1n) is 8.07. The summed E-state index contributed by atoms with van der Waals surface area (Å²) < 4.78 is 1.30. The van der Waals surface area contributed by atoms with Crippen LogP contribution in [0.5, 0.6) is 0 Å². The molecule has 0 aliphatic rings. The summed E-state index contributed by atoms with van der Waals surface area (Å²) in [5.41, 5.74) is 6.37. The van der Waals surface area contributed by atoms with Gasteiger partial charge in [0, 0.05) is 3.57 Å². The van der Waals surface area contributed by atoms with Crippen LogP contribution in [0.4, 0.5) is 0 Å². The molecule has 0 saturated carbocycles. The van der Waals surface area contributed by atoms with Crippen molar-refractivity contribution in [2.45, 2.75) is 6.92 Å². The van der Waals surface area contributed by atoms with Crippen LogP contribution in [-0.2, 0) is 0 Å². The van der Waals surface area contributed by atoms with Gasteiger partial charge in [-0.05, 0) is 74.7 Å². The van der Waals surface area contributed by atoms with Crippen molar-refractivity contribution in [2.24, 2.45) is 0 Å². The molecule has 0 aliphatic carbocycles. The first-order valence-corrected chi connectivity index (χ1v) is 9.15. The van der Waals surface area contributed by atoms with Gasteiger partial charge in [-0.2, -0.15) is 0 Å². The van der Waals surface area contributed by atoms with Crippen LogP contribution in [-0.4, -0.2) is 0 Å². The van der Waals surface area contributed by atoms with Crippen molar-refractivity contribution < 1.29 is 0 Å². The average Bonchev–Trinajstić information content (AvgIpc) is 2.63. The van der Waals surface area contributed by atoms with Gasteiger partial charge in [0.05, 0.1) is 0 Å². The van der Waals surface area contributed by atoms with Crippen molar-refractivity contribution in [3.8, 4) is 22.3 Å². The van der Waals surface area contributed by atoms with E-state index in [0.717, 1.165) is 0 Å². The lowest BCUT2D eigenvalue weighted by molar-refractivity contribution is 1.50. The van der Waals surface area contributed by atoms with Gasteiger partial charge < -0.3 is 0 Å². The van der Waals surface area contributed by atoms with Gasteiger partial charge in [-0.25, -0.2) is 0 Å². The van der Waals surface area contributed by atoms with E-state index in [1.165, 1.54) is 42.2 Å². The van der Waals surface area contributed by atoms with E-state index in [1.54, 1.807) is 0 Å². The van der Waals surface area contributed by atoms with Crippen LogP contribution in [0.3, 0.4) is 0 Å². The largest absolute Gasteiger partial charge is 0.0622 e. The second-order valence-electron chi connectivity index (χ2n) is 6.09. The lowest BCUT2D eigenvalue weighted by Crippen LogP contribution is -1.86. The minimum atomic E-state index is 1.25. The fourth-order valence-electron chi connectivity index (χ4n) is 3.18. The molecule has 0 atom stereocenters. The SMILES string of the molecule is Cc1ccc2c(-c3cccc(-c4ccccc4)c3)ccc(I)c2c1. The summed E-state index contributed by atoms with van der Waals surface area (Å²) in [6, 6.07) is 30.6. The fraction of sp³-hybridized carbons (Fsp3) is 0.0435. The van der Waals surface area contributed by atoms with Crippen molar-refractivity contribution in [2.75, 3.05) is 0 Å². The maximum atomic E-state index is 2.43. The minimum absolute atomic E-state index is 1.25. The first kappa shape index (κ1) is 15.4. The summed E-state index contributed by atoms with van der Waals surface area (Å²) in [7, 11) is 0. The van der Waals surface area contributed by atoms with Crippen LogP contribution in [0.1, 0.15) is 5.56 Å². The molecular formula is C23H17I. The molecule has 0 unspecified atom stereocenters. The second kappa shape index (κ2) is 6.40. The van der Waals surface area contributed by atoms with Crippen LogP contribution in [0.25, 0.3) is 33.0 Å². The molecule has 4 rings (SSSR count). The van der Waals surface area contributed by atoms with Crippen LogP contribution in [0.15, 0.2) is 84.9 Å². The van der Waals surface area contributed by atoms with Gasteiger partial charge >= 0.3 is 0 Å². The van der Waals surface area contributed by atoms with E-state index in [0.29, 0.717) is 0 Å². The Morgan fingerprint density at radius 2 is 1.33 bits per heavy atom. The minimum Gasteiger partial charge on any atom is -0.0622 e. The molecular weight excluding hydrogens is 403 g/mol. The third-order valence-electron chi connectivity index (χ3n) is 4.40. The van der Waals surface area contributed by atoms with E-state index in [2.05, 4.69) is 114 Å². The summed E-state index contributed by atoms with van der Waals surface area (Å²) >= 11 is 2.43. The number of halogens is 1. The van der Waals surface area contributed by atoms with Crippen molar-refractivity contribution in [3.63, 3.8) is 0 Å². The molecule has 0 aliphatic heterocycles. The molecule has 0 spiro atoms. The van der Waals surface area contributed by atoms with Crippen molar-refractivity contribution in [1.82, 2.24) is 0 Å². The third-order valence-corrected chi connectivity index (χ3v) is 5.34. The average molecular weight is 420 g/mol.